The first-order valence-electron chi connectivity index (χ1n) is 8.40. The Balaban J connectivity index is 1.77. The van der Waals surface area contributed by atoms with E-state index in [1.807, 2.05) is 18.2 Å². The van der Waals surface area contributed by atoms with Gasteiger partial charge in [0.05, 0.1) is 13.5 Å². The topological polar surface area (TPSA) is 76.2 Å². The first kappa shape index (κ1) is 18.8. The van der Waals surface area contributed by atoms with E-state index in [1.165, 1.54) is 7.11 Å². The van der Waals surface area contributed by atoms with Gasteiger partial charge in [-0.25, -0.2) is 0 Å². The number of nitrogens with zero attached hydrogens (tertiary/aromatic N) is 2. The van der Waals surface area contributed by atoms with Crippen LogP contribution in [0.25, 0.3) is 0 Å². The molecule has 1 fully saturated rings. The highest BCUT2D eigenvalue weighted by Crippen LogP contribution is 2.10. The van der Waals surface area contributed by atoms with Crippen LogP contribution in [0.2, 0.25) is 0 Å². The van der Waals surface area contributed by atoms with Crippen LogP contribution in [-0.2, 0) is 19.1 Å². The molecule has 0 radical (unpaired) electrons. The Labute approximate surface area is 147 Å². The summed E-state index contributed by atoms with van der Waals surface area (Å²) in [5, 5.41) is 0. The van der Waals surface area contributed by atoms with Gasteiger partial charge in [-0.05, 0) is 18.6 Å². The van der Waals surface area contributed by atoms with Gasteiger partial charge in [0.2, 0.25) is 5.91 Å². The molecule has 0 aliphatic carbocycles. The molecule has 136 valence electrons. The highest BCUT2D eigenvalue weighted by atomic mass is 16.5. The largest absolute Gasteiger partial charge is 0.484 e. The summed E-state index contributed by atoms with van der Waals surface area (Å²) in [5.74, 6) is 0.0938. The van der Waals surface area contributed by atoms with Crippen LogP contribution in [0.1, 0.15) is 19.3 Å². The van der Waals surface area contributed by atoms with Crippen LogP contribution >= 0.6 is 0 Å². The number of para-hydroxylation sites is 1. The molecule has 2 rings (SSSR count). The SMILES string of the molecule is COC(=O)CCC(=O)N1CCCN(C(=O)COc2ccccc2)CC1. The van der Waals surface area contributed by atoms with Gasteiger partial charge >= 0.3 is 5.97 Å². The maximum absolute atomic E-state index is 12.3. The zero-order valence-corrected chi connectivity index (χ0v) is 14.5. The number of methoxy groups -OCH3 is 1. The third-order valence-electron chi connectivity index (χ3n) is 4.08. The Bertz CT molecular complexity index is 590. The van der Waals surface area contributed by atoms with Gasteiger partial charge in [-0.3, -0.25) is 14.4 Å². The van der Waals surface area contributed by atoms with Gasteiger partial charge in [-0.2, -0.15) is 0 Å². The van der Waals surface area contributed by atoms with Crippen molar-refractivity contribution in [1.29, 1.82) is 0 Å². The molecule has 0 spiro atoms. The third-order valence-corrected chi connectivity index (χ3v) is 4.08. The first-order valence-corrected chi connectivity index (χ1v) is 8.40. The zero-order chi connectivity index (χ0) is 18.1. The normalized spacial score (nSPS) is 14.6. The number of hydrogen-bond acceptors (Lipinski definition) is 5. The Morgan fingerprint density at radius 2 is 1.56 bits per heavy atom. The molecular weight excluding hydrogens is 324 g/mol. The Hall–Kier alpha value is -2.57. The lowest BCUT2D eigenvalue weighted by Crippen LogP contribution is -2.39. The number of ether oxygens (including phenoxy) is 2. The molecule has 0 bridgehead atoms. The molecule has 1 aromatic rings. The maximum atomic E-state index is 12.3. The molecule has 25 heavy (non-hydrogen) atoms. The van der Waals surface area contributed by atoms with Gasteiger partial charge in [0.15, 0.2) is 6.61 Å². The van der Waals surface area contributed by atoms with E-state index in [0.717, 1.165) is 0 Å². The summed E-state index contributed by atoms with van der Waals surface area (Å²) in [6, 6.07) is 9.19. The van der Waals surface area contributed by atoms with Crippen molar-refractivity contribution in [3.63, 3.8) is 0 Å². The molecule has 1 aliphatic rings. The Morgan fingerprint density at radius 3 is 2.20 bits per heavy atom. The number of amides is 2. The summed E-state index contributed by atoms with van der Waals surface area (Å²) in [7, 11) is 1.31. The van der Waals surface area contributed by atoms with Crippen LogP contribution in [0, 0.1) is 0 Å². The monoisotopic (exact) mass is 348 g/mol. The van der Waals surface area contributed by atoms with Crippen molar-refractivity contribution in [3.8, 4) is 5.75 Å². The van der Waals surface area contributed by atoms with E-state index in [2.05, 4.69) is 4.74 Å². The van der Waals surface area contributed by atoms with Crippen molar-refractivity contribution in [2.45, 2.75) is 19.3 Å². The van der Waals surface area contributed by atoms with Crippen LogP contribution in [0.3, 0.4) is 0 Å². The standard InChI is InChI=1S/C18H24N2O5/c1-24-18(23)9-8-16(21)19-10-5-11-20(13-12-19)17(22)14-25-15-6-3-2-4-7-15/h2-4,6-7H,5,8-14H2,1H3. The number of benzene rings is 1. The van der Waals surface area contributed by atoms with Crippen LogP contribution in [0.4, 0.5) is 0 Å². The van der Waals surface area contributed by atoms with Crippen LogP contribution < -0.4 is 4.74 Å². The molecule has 0 saturated carbocycles. The van der Waals surface area contributed by atoms with Crippen molar-refractivity contribution in [2.75, 3.05) is 39.9 Å². The zero-order valence-electron chi connectivity index (χ0n) is 14.5. The molecule has 0 N–H and O–H groups in total. The second-order valence-electron chi connectivity index (χ2n) is 5.79. The third kappa shape index (κ3) is 6.10. The van der Waals surface area contributed by atoms with E-state index < -0.39 is 5.97 Å². The minimum atomic E-state index is -0.391. The molecule has 1 aliphatic heterocycles. The Morgan fingerprint density at radius 1 is 0.920 bits per heavy atom. The van der Waals surface area contributed by atoms with Gasteiger partial charge < -0.3 is 19.3 Å². The Kier molecular flexibility index (Phi) is 7.25. The average molecular weight is 348 g/mol. The molecule has 0 unspecified atom stereocenters. The fourth-order valence-electron chi connectivity index (χ4n) is 2.64. The number of carbonyl (C=O) groups excluding carboxylic acids is 3. The molecule has 1 heterocycles. The van der Waals surface area contributed by atoms with E-state index in [0.29, 0.717) is 38.3 Å². The van der Waals surface area contributed by atoms with Gasteiger partial charge in [0, 0.05) is 32.6 Å². The predicted molar refractivity (Wildman–Crippen MR) is 91.0 cm³/mol. The second-order valence-corrected chi connectivity index (χ2v) is 5.79. The number of hydrogen-bond donors (Lipinski definition) is 0. The first-order chi connectivity index (χ1) is 12.1. The highest BCUT2D eigenvalue weighted by Gasteiger charge is 2.22. The summed E-state index contributed by atoms with van der Waals surface area (Å²) < 4.78 is 10.0. The van der Waals surface area contributed by atoms with Crippen molar-refractivity contribution in [2.24, 2.45) is 0 Å². The van der Waals surface area contributed by atoms with Crippen molar-refractivity contribution < 1.29 is 23.9 Å². The molecule has 7 nitrogen and oxygen atoms in total. The summed E-state index contributed by atoms with van der Waals surface area (Å²) >= 11 is 0. The minimum Gasteiger partial charge on any atom is -0.484 e. The molecule has 7 heteroatoms. The minimum absolute atomic E-state index is 0.0136. The molecule has 2 amide bonds. The van der Waals surface area contributed by atoms with E-state index in [-0.39, 0.29) is 31.3 Å². The van der Waals surface area contributed by atoms with E-state index in [4.69, 9.17) is 4.74 Å². The van der Waals surface area contributed by atoms with Gasteiger partial charge in [0.1, 0.15) is 5.75 Å². The fraction of sp³-hybridized carbons (Fsp3) is 0.500. The van der Waals surface area contributed by atoms with Crippen LogP contribution in [0.15, 0.2) is 30.3 Å². The predicted octanol–water partition coefficient (Wildman–Crippen LogP) is 1.08. The lowest BCUT2D eigenvalue weighted by atomic mass is 10.2. The quantitative estimate of drug-likeness (QED) is 0.719. The summed E-state index contributed by atoms with van der Waals surface area (Å²) in [5.41, 5.74) is 0. The average Bonchev–Trinajstić information content (AvgIpc) is 2.91. The van der Waals surface area contributed by atoms with Crippen molar-refractivity contribution >= 4 is 17.8 Å². The van der Waals surface area contributed by atoms with E-state index in [1.54, 1.807) is 21.9 Å². The molecule has 0 atom stereocenters. The summed E-state index contributed by atoms with van der Waals surface area (Å²) in [6.07, 6.45) is 0.929. The van der Waals surface area contributed by atoms with Crippen LogP contribution in [-0.4, -0.2) is 67.5 Å². The number of carbonyl (C=O) groups is 3. The highest BCUT2D eigenvalue weighted by molar-refractivity contribution is 5.81. The summed E-state index contributed by atoms with van der Waals surface area (Å²) in [6.45, 7) is 2.11. The molecule has 1 saturated heterocycles. The number of esters is 1. The number of rotatable bonds is 6. The lowest BCUT2D eigenvalue weighted by Gasteiger charge is -2.22. The maximum Gasteiger partial charge on any atom is 0.306 e. The van der Waals surface area contributed by atoms with Crippen LogP contribution in [0.5, 0.6) is 5.75 Å². The van der Waals surface area contributed by atoms with E-state index in [9.17, 15) is 14.4 Å². The van der Waals surface area contributed by atoms with Gasteiger partial charge in [-0.1, -0.05) is 18.2 Å². The fourth-order valence-corrected chi connectivity index (χ4v) is 2.64. The van der Waals surface area contributed by atoms with Gasteiger partial charge in [-0.15, -0.1) is 0 Å². The van der Waals surface area contributed by atoms with Crippen molar-refractivity contribution in [1.82, 2.24) is 9.80 Å². The van der Waals surface area contributed by atoms with Crippen molar-refractivity contribution in [3.05, 3.63) is 30.3 Å². The molecule has 0 aromatic heterocycles. The lowest BCUT2D eigenvalue weighted by molar-refractivity contribution is -0.143. The summed E-state index contributed by atoms with van der Waals surface area (Å²) in [4.78, 5) is 39.0. The molecule has 1 aromatic carbocycles. The smallest absolute Gasteiger partial charge is 0.306 e. The second kappa shape index (κ2) is 9.66. The molecular formula is C18H24N2O5. The van der Waals surface area contributed by atoms with E-state index >= 15 is 0 Å². The van der Waals surface area contributed by atoms with Gasteiger partial charge in [0.25, 0.3) is 5.91 Å².